The van der Waals surface area contributed by atoms with Crippen molar-refractivity contribution in [2.24, 2.45) is 5.92 Å². The number of hydrogen-bond acceptors (Lipinski definition) is 3. The molecule has 1 unspecified atom stereocenters. The van der Waals surface area contributed by atoms with Gasteiger partial charge in [0.15, 0.2) is 0 Å². The molecule has 4 amide bonds. The maximum absolute atomic E-state index is 13.5. The zero-order valence-electron chi connectivity index (χ0n) is 12.9. The first-order chi connectivity index (χ1) is 11.5. The molecule has 1 heterocycles. The third kappa shape index (κ3) is 3.37. The number of nitrogens with one attached hydrogen (secondary N) is 2. The molecule has 0 bridgehead atoms. The number of halogens is 2. The summed E-state index contributed by atoms with van der Waals surface area (Å²) in [6, 6.07) is 2.53. The average molecular weight is 337 g/mol. The van der Waals surface area contributed by atoms with Crippen molar-refractivity contribution in [3.05, 3.63) is 35.4 Å². The molecule has 1 aromatic rings. The van der Waals surface area contributed by atoms with Crippen molar-refractivity contribution in [2.45, 2.75) is 25.3 Å². The number of imide groups is 1. The van der Waals surface area contributed by atoms with Gasteiger partial charge in [0.05, 0.1) is 0 Å². The number of rotatable bonds is 5. The maximum atomic E-state index is 13.5. The summed E-state index contributed by atoms with van der Waals surface area (Å²) in [6.45, 7) is -0.135. The standard InChI is InChI=1S/C16H17F2N3O3/c17-10-2-1-3-11(18)14(10)15(23)19-6-7-21-13(22)8-12(9-4-5-9)20-16(21)24/h1-3,9,12H,4-8H2,(H,19,23)(H,20,24). The van der Waals surface area contributed by atoms with E-state index in [4.69, 9.17) is 0 Å². The van der Waals surface area contributed by atoms with E-state index in [0.717, 1.165) is 35.9 Å². The minimum Gasteiger partial charge on any atom is -0.350 e. The lowest BCUT2D eigenvalue weighted by Crippen LogP contribution is -2.56. The molecular formula is C16H17F2N3O3. The fourth-order valence-electron chi connectivity index (χ4n) is 2.79. The molecule has 128 valence electrons. The third-order valence-electron chi connectivity index (χ3n) is 4.25. The molecule has 1 aliphatic carbocycles. The Labute approximate surface area is 137 Å². The van der Waals surface area contributed by atoms with Gasteiger partial charge in [-0.15, -0.1) is 0 Å². The van der Waals surface area contributed by atoms with Crippen LogP contribution in [0.2, 0.25) is 0 Å². The first-order valence-corrected chi connectivity index (χ1v) is 7.80. The van der Waals surface area contributed by atoms with Gasteiger partial charge in [-0.2, -0.15) is 0 Å². The molecule has 24 heavy (non-hydrogen) atoms. The van der Waals surface area contributed by atoms with Crippen LogP contribution in [0.3, 0.4) is 0 Å². The van der Waals surface area contributed by atoms with Gasteiger partial charge < -0.3 is 10.6 Å². The predicted molar refractivity (Wildman–Crippen MR) is 80.1 cm³/mol. The highest BCUT2D eigenvalue weighted by atomic mass is 19.1. The van der Waals surface area contributed by atoms with Gasteiger partial charge in [0.25, 0.3) is 5.91 Å². The molecule has 1 aromatic carbocycles. The van der Waals surface area contributed by atoms with Crippen LogP contribution in [-0.2, 0) is 4.79 Å². The lowest BCUT2D eigenvalue weighted by molar-refractivity contribution is -0.130. The fourth-order valence-corrected chi connectivity index (χ4v) is 2.79. The Hall–Kier alpha value is -2.51. The molecule has 1 aliphatic heterocycles. The molecule has 6 nitrogen and oxygen atoms in total. The maximum Gasteiger partial charge on any atom is 0.324 e. The Bertz CT molecular complexity index is 653. The first kappa shape index (κ1) is 16.4. The second-order valence-electron chi connectivity index (χ2n) is 6.00. The molecule has 2 aliphatic rings. The van der Waals surface area contributed by atoms with E-state index in [0.29, 0.717) is 5.92 Å². The smallest absolute Gasteiger partial charge is 0.324 e. The van der Waals surface area contributed by atoms with Gasteiger partial charge >= 0.3 is 6.03 Å². The van der Waals surface area contributed by atoms with Crippen molar-refractivity contribution in [1.29, 1.82) is 0 Å². The van der Waals surface area contributed by atoms with Gasteiger partial charge in [-0.3, -0.25) is 14.5 Å². The predicted octanol–water partition coefficient (Wildman–Crippen LogP) is 1.42. The Kier molecular flexibility index (Phi) is 4.46. The van der Waals surface area contributed by atoms with Gasteiger partial charge in [-0.05, 0) is 30.9 Å². The van der Waals surface area contributed by atoms with E-state index in [2.05, 4.69) is 10.6 Å². The number of amides is 4. The van der Waals surface area contributed by atoms with E-state index in [9.17, 15) is 23.2 Å². The number of carbonyl (C=O) groups excluding carboxylic acids is 3. The van der Waals surface area contributed by atoms with Gasteiger partial charge in [0, 0.05) is 25.6 Å². The highest BCUT2D eigenvalue weighted by molar-refractivity contribution is 5.98. The molecule has 0 aromatic heterocycles. The van der Waals surface area contributed by atoms with E-state index in [-0.39, 0.29) is 31.5 Å². The number of nitrogens with zero attached hydrogens (tertiary/aromatic N) is 1. The molecule has 2 fully saturated rings. The molecule has 0 spiro atoms. The molecule has 1 atom stereocenters. The minimum absolute atomic E-state index is 0.0517. The Morgan fingerprint density at radius 2 is 1.92 bits per heavy atom. The van der Waals surface area contributed by atoms with Crippen molar-refractivity contribution < 1.29 is 23.2 Å². The summed E-state index contributed by atoms with van der Waals surface area (Å²) in [5, 5.41) is 5.10. The van der Waals surface area contributed by atoms with Gasteiger partial charge in [0.2, 0.25) is 5.91 Å². The monoisotopic (exact) mass is 337 g/mol. The lowest BCUT2D eigenvalue weighted by Gasteiger charge is -2.31. The van der Waals surface area contributed by atoms with Crippen LogP contribution in [0.1, 0.15) is 29.6 Å². The Morgan fingerprint density at radius 3 is 2.50 bits per heavy atom. The van der Waals surface area contributed by atoms with E-state index in [1.807, 2.05) is 0 Å². The average Bonchev–Trinajstić information content (AvgIpc) is 3.34. The van der Waals surface area contributed by atoms with Gasteiger partial charge in [0.1, 0.15) is 17.2 Å². The number of benzene rings is 1. The highest BCUT2D eigenvalue weighted by Gasteiger charge is 2.40. The summed E-state index contributed by atoms with van der Waals surface area (Å²) in [6.07, 6.45) is 2.28. The molecule has 1 saturated carbocycles. The Balaban J connectivity index is 1.53. The topological polar surface area (TPSA) is 78.5 Å². The summed E-state index contributed by atoms with van der Waals surface area (Å²) in [5.74, 6) is -2.78. The van der Waals surface area contributed by atoms with E-state index in [1.165, 1.54) is 0 Å². The van der Waals surface area contributed by atoms with Crippen molar-refractivity contribution in [3.63, 3.8) is 0 Å². The second-order valence-corrected chi connectivity index (χ2v) is 6.00. The van der Waals surface area contributed by atoms with Crippen LogP contribution < -0.4 is 10.6 Å². The van der Waals surface area contributed by atoms with Crippen LogP contribution >= 0.6 is 0 Å². The van der Waals surface area contributed by atoms with E-state index >= 15 is 0 Å². The zero-order chi connectivity index (χ0) is 17.3. The lowest BCUT2D eigenvalue weighted by atomic mass is 10.1. The minimum atomic E-state index is -0.966. The van der Waals surface area contributed by atoms with E-state index < -0.39 is 29.1 Å². The summed E-state index contributed by atoms with van der Waals surface area (Å²) < 4.78 is 27.0. The van der Waals surface area contributed by atoms with Crippen molar-refractivity contribution in [1.82, 2.24) is 15.5 Å². The third-order valence-corrected chi connectivity index (χ3v) is 4.25. The fraction of sp³-hybridized carbons (Fsp3) is 0.438. The van der Waals surface area contributed by atoms with Crippen LogP contribution in [-0.4, -0.2) is 41.9 Å². The van der Waals surface area contributed by atoms with Crippen molar-refractivity contribution in [2.75, 3.05) is 13.1 Å². The summed E-state index contributed by atoms with van der Waals surface area (Å²) in [7, 11) is 0. The van der Waals surface area contributed by atoms with Crippen LogP contribution in [0.4, 0.5) is 13.6 Å². The normalized spacial score (nSPS) is 20.8. The Morgan fingerprint density at radius 1 is 1.25 bits per heavy atom. The zero-order valence-corrected chi connectivity index (χ0v) is 12.9. The van der Waals surface area contributed by atoms with Gasteiger partial charge in [-0.25, -0.2) is 13.6 Å². The van der Waals surface area contributed by atoms with Crippen LogP contribution in [0.25, 0.3) is 0 Å². The number of carbonyl (C=O) groups is 3. The summed E-state index contributed by atoms with van der Waals surface area (Å²) >= 11 is 0. The highest BCUT2D eigenvalue weighted by Crippen LogP contribution is 2.35. The summed E-state index contributed by atoms with van der Waals surface area (Å²) in [5.41, 5.74) is -0.680. The molecular weight excluding hydrogens is 320 g/mol. The largest absolute Gasteiger partial charge is 0.350 e. The quantitative estimate of drug-likeness (QED) is 0.853. The first-order valence-electron chi connectivity index (χ1n) is 7.80. The van der Waals surface area contributed by atoms with Crippen molar-refractivity contribution in [3.8, 4) is 0 Å². The van der Waals surface area contributed by atoms with Crippen LogP contribution in [0.15, 0.2) is 18.2 Å². The SMILES string of the molecule is O=C(NCCN1C(=O)CC(C2CC2)NC1=O)c1c(F)cccc1F. The molecule has 8 heteroatoms. The number of urea groups is 1. The van der Waals surface area contributed by atoms with Crippen molar-refractivity contribution >= 4 is 17.8 Å². The molecule has 0 radical (unpaired) electrons. The molecule has 1 saturated heterocycles. The summed E-state index contributed by atoms with van der Waals surface area (Å²) in [4.78, 5) is 36.9. The van der Waals surface area contributed by atoms with E-state index in [1.54, 1.807) is 0 Å². The number of hydrogen-bond donors (Lipinski definition) is 2. The second kappa shape index (κ2) is 6.54. The van der Waals surface area contributed by atoms with Crippen LogP contribution in [0, 0.1) is 17.6 Å². The van der Waals surface area contributed by atoms with Crippen LogP contribution in [0.5, 0.6) is 0 Å². The van der Waals surface area contributed by atoms with Gasteiger partial charge in [-0.1, -0.05) is 6.07 Å². The molecule has 2 N–H and O–H groups in total. The molecule has 3 rings (SSSR count).